The molecule has 124 valence electrons. The molecule has 0 aliphatic carbocycles. The Morgan fingerprint density at radius 3 is 2.62 bits per heavy atom. The fourth-order valence-electron chi connectivity index (χ4n) is 2.54. The molecule has 1 atom stereocenters. The molecule has 3 rings (SSSR count). The summed E-state index contributed by atoms with van der Waals surface area (Å²) in [5, 5.41) is 11.0. The van der Waals surface area contributed by atoms with Crippen molar-refractivity contribution in [2.75, 3.05) is 17.8 Å². The minimum atomic E-state index is -0.450. The van der Waals surface area contributed by atoms with E-state index < -0.39 is 4.92 Å². The third-order valence-electron chi connectivity index (χ3n) is 3.66. The first-order valence-corrected chi connectivity index (χ1v) is 8.45. The van der Waals surface area contributed by atoms with Crippen LogP contribution >= 0.6 is 23.4 Å². The molecule has 0 bridgehead atoms. The number of methoxy groups -OCH3 is 1. The van der Waals surface area contributed by atoms with E-state index in [1.165, 1.54) is 31.0 Å². The first-order valence-electron chi connectivity index (χ1n) is 7.03. The summed E-state index contributed by atoms with van der Waals surface area (Å²) in [6.07, 6.45) is 0. The molecular weight excluding hydrogens is 352 g/mol. The fourth-order valence-corrected chi connectivity index (χ4v) is 3.88. The number of thioether (sulfide) groups is 1. The van der Waals surface area contributed by atoms with E-state index in [1.807, 2.05) is 0 Å². The first kappa shape index (κ1) is 16.6. The molecule has 0 aromatic heterocycles. The Morgan fingerprint density at radius 1 is 1.29 bits per heavy atom. The van der Waals surface area contributed by atoms with E-state index in [4.69, 9.17) is 16.3 Å². The lowest BCUT2D eigenvalue weighted by molar-refractivity contribution is -0.384. The molecule has 8 heteroatoms. The van der Waals surface area contributed by atoms with Crippen LogP contribution in [0.1, 0.15) is 10.9 Å². The molecule has 24 heavy (non-hydrogen) atoms. The predicted molar refractivity (Wildman–Crippen MR) is 93.8 cm³/mol. The van der Waals surface area contributed by atoms with Crippen LogP contribution in [0.2, 0.25) is 5.02 Å². The molecule has 1 amide bonds. The van der Waals surface area contributed by atoms with E-state index in [9.17, 15) is 14.9 Å². The van der Waals surface area contributed by atoms with E-state index in [0.717, 1.165) is 5.56 Å². The molecule has 6 nitrogen and oxygen atoms in total. The highest BCUT2D eigenvalue weighted by atomic mass is 35.5. The van der Waals surface area contributed by atoms with Crippen molar-refractivity contribution in [2.45, 2.75) is 5.37 Å². The molecule has 1 saturated heterocycles. The van der Waals surface area contributed by atoms with E-state index in [0.29, 0.717) is 22.2 Å². The second kappa shape index (κ2) is 6.70. The van der Waals surface area contributed by atoms with Crippen LogP contribution in [0.25, 0.3) is 0 Å². The Morgan fingerprint density at radius 2 is 2.00 bits per heavy atom. The standard InChI is InChI=1S/C16H13ClN2O4S/c1-23-14-7-4-11(17)8-13(14)18-15(20)9-24-16(18)10-2-5-12(6-3-10)19(21)22/h2-8,16H,9H2,1H3/t16-/m0/s1. The van der Waals surface area contributed by atoms with Crippen LogP contribution in [-0.2, 0) is 4.79 Å². The minimum absolute atomic E-state index is 0.0139. The minimum Gasteiger partial charge on any atom is -0.495 e. The van der Waals surface area contributed by atoms with Gasteiger partial charge in [0.15, 0.2) is 0 Å². The second-order valence-corrected chi connectivity index (χ2v) is 6.60. The number of carbonyl (C=O) groups is 1. The van der Waals surface area contributed by atoms with Crippen LogP contribution in [0.4, 0.5) is 11.4 Å². The van der Waals surface area contributed by atoms with Gasteiger partial charge in [0.2, 0.25) is 5.91 Å². The number of nitrogens with zero attached hydrogens (tertiary/aromatic N) is 2. The molecule has 0 saturated carbocycles. The molecule has 0 N–H and O–H groups in total. The number of halogens is 1. The first-order chi connectivity index (χ1) is 11.5. The van der Waals surface area contributed by atoms with E-state index >= 15 is 0 Å². The molecule has 0 unspecified atom stereocenters. The van der Waals surface area contributed by atoms with E-state index in [-0.39, 0.29) is 17.0 Å². The van der Waals surface area contributed by atoms with Crippen molar-refractivity contribution in [2.24, 2.45) is 0 Å². The Hall–Kier alpha value is -2.25. The van der Waals surface area contributed by atoms with Gasteiger partial charge in [0.05, 0.1) is 23.5 Å². The van der Waals surface area contributed by atoms with Gasteiger partial charge in [0.1, 0.15) is 11.1 Å². The summed E-state index contributed by atoms with van der Waals surface area (Å²) >= 11 is 7.53. The zero-order valence-electron chi connectivity index (χ0n) is 12.6. The maximum Gasteiger partial charge on any atom is 0.269 e. The van der Waals surface area contributed by atoms with E-state index in [1.54, 1.807) is 35.2 Å². The number of hydrogen-bond donors (Lipinski definition) is 0. The molecule has 1 aliphatic rings. The van der Waals surface area contributed by atoms with Crippen LogP contribution in [0.3, 0.4) is 0 Å². The predicted octanol–water partition coefficient (Wildman–Crippen LogP) is 4.04. The topological polar surface area (TPSA) is 72.7 Å². The molecular formula is C16H13ClN2O4S. The summed E-state index contributed by atoms with van der Waals surface area (Å²) < 4.78 is 5.34. The summed E-state index contributed by atoms with van der Waals surface area (Å²) in [5.74, 6) is 0.795. The number of anilines is 1. The number of hydrogen-bond acceptors (Lipinski definition) is 5. The Balaban J connectivity index is 2.01. The zero-order chi connectivity index (χ0) is 17.3. The number of rotatable bonds is 4. The number of nitro groups is 1. The average Bonchev–Trinajstić information content (AvgIpc) is 2.96. The quantitative estimate of drug-likeness (QED) is 0.604. The zero-order valence-corrected chi connectivity index (χ0v) is 14.2. The van der Waals surface area contributed by atoms with Crippen LogP contribution in [0, 0.1) is 10.1 Å². The fraction of sp³-hybridized carbons (Fsp3) is 0.188. The second-order valence-electron chi connectivity index (χ2n) is 5.09. The molecule has 1 aliphatic heterocycles. The number of benzene rings is 2. The monoisotopic (exact) mass is 364 g/mol. The molecule has 1 fully saturated rings. The lowest BCUT2D eigenvalue weighted by atomic mass is 10.1. The molecule has 2 aromatic rings. The average molecular weight is 365 g/mol. The van der Waals surface area contributed by atoms with Crippen LogP contribution in [-0.4, -0.2) is 23.7 Å². The highest BCUT2D eigenvalue weighted by molar-refractivity contribution is 8.00. The van der Waals surface area contributed by atoms with Gasteiger partial charge in [-0.25, -0.2) is 0 Å². The van der Waals surface area contributed by atoms with Crippen molar-refractivity contribution in [1.82, 2.24) is 0 Å². The molecule has 1 heterocycles. The summed E-state index contributed by atoms with van der Waals surface area (Å²) in [7, 11) is 1.53. The number of nitro benzene ring substituents is 1. The van der Waals surface area contributed by atoms with Gasteiger partial charge in [-0.05, 0) is 35.9 Å². The summed E-state index contributed by atoms with van der Waals surface area (Å²) in [6.45, 7) is 0. The normalized spacial score (nSPS) is 17.2. The Labute approximate surface area is 147 Å². The van der Waals surface area contributed by atoms with Crippen molar-refractivity contribution < 1.29 is 14.5 Å². The lowest BCUT2D eigenvalue weighted by Crippen LogP contribution is -2.28. The summed E-state index contributed by atoms with van der Waals surface area (Å²) in [6, 6.07) is 11.3. The van der Waals surface area contributed by atoms with Crippen molar-refractivity contribution in [3.63, 3.8) is 0 Å². The number of carbonyl (C=O) groups excluding carboxylic acids is 1. The van der Waals surface area contributed by atoms with Crippen LogP contribution in [0.15, 0.2) is 42.5 Å². The number of amides is 1. The maximum absolute atomic E-state index is 12.4. The maximum atomic E-state index is 12.4. The van der Waals surface area contributed by atoms with Crippen LogP contribution in [0.5, 0.6) is 5.75 Å². The molecule has 0 spiro atoms. The van der Waals surface area contributed by atoms with Crippen molar-refractivity contribution in [3.05, 3.63) is 63.2 Å². The van der Waals surface area contributed by atoms with E-state index in [2.05, 4.69) is 0 Å². The van der Waals surface area contributed by atoms with Crippen molar-refractivity contribution in [3.8, 4) is 5.75 Å². The molecule has 2 aromatic carbocycles. The molecule has 0 radical (unpaired) electrons. The van der Waals surface area contributed by atoms with Crippen molar-refractivity contribution in [1.29, 1.82) is 0 Å². The SMILES string of the molecule is COc1ccc(Cl)cc1N1C(=O)CS[C@H]1c1ccc([N+](=O)[O-])cc1. The van der Waals surface area contributed by atoms with Gasteiger partial charge in [-0.1, -0.05) is 11.6 Å². The van der Waals surface area contributed by atoms with Crippen molar-refractivity contribution >= 4 is 40.6 Å². The highest BCUT2D eigenvalue weighted by Gasteiger charge is 2.35. The van der Waals surface area contributed by atoms with Gasteiger partial charge in [0.25, 0.3) is 5.69 Å². The summed E-state index contributed by atoms with van der Waals surface area (Å²) in [5.41, 5.74) is 1.40. The Bertz CT molecular complexity index is 797. The summed E-state index contributed by atoms with van der Waals surface area (Å²) in [4.78, 5) is 24.4. The Kier molecular flexibility index (Phi) is 4.64. The third kappa shape index (κ3) is 3.05. The smallest absolute Gasteiger partial charge is 0.269 e. The van der Waals surface area contributed by atoms with Gasteiger partial charge in [-0.2, -0.15) is 0 Å². The lowest BCUT2D eigenvalue weighted by Gasteiger charge is -2.26. The largest absolute Gasteiger partial charge is 0.495 e. The van der Waals surface area contributed by atoms with Crippen LogP contribution < -0.4 is 9.64 Å². The van der Waals surface area contributed by atoms with Gasteiger partial charge >= 0.3 is 0 Å². The van der Waals surface area contributed by atoms with Gasteiger partial charge in [-0.3, -0.25) is 19.8 Å². The third-order valence-corrected chi connectivity index (χ3v) is 5.10. The number of ether oxygens (including phenoxy) is 1. The highest BCUT2D eigenvalue weighted by Crippen LogP contribution is 2.45. The van der Waals surface area contributed by atoms with Gasteiger partial charge < -0.3 is 4.74 Å². The van der Waals surface area contributed by atoms with Gasteiger partial charge in [0, 0.05) is 17.2 Å². The van der Waals surface area contributed by atoms with Gasteiger partial charge in [-0.15, -0.1) is 11.8 Å². The number of non-ortho nitro benzene ring substituents is 1.